The van der Waals surface area contributed by atoms with Crippen LogP contribution in [0.25, 0.3) is 0 Å². The van der Waals surface area contributed by atoms with Crippen LogP contribution in [-0.4, -0.2) is 49.6 Å². The molecule has 0 aliphatic carbocycles. The third kappa shape index (κ3) is 2.49. The molecule has 2 fully saturated rings. The van der Waals surface area contributed by atoms with Crippen LogP contribution in [0.1, 0.15) is 25.7 Å². The number of carbonyl (C=O) groups is 1. The van der Waals surface area contributed by atoms with Crippen LogP contribution in [0.3, 0.4) is 0 Å². The van der Waals surface area contributed by atoms with Crippen LogP contribution in [0.5, 0.6) is 0 Å². The third-order valence-electron chi connectivity index (χ3n) is 3.64. The molecule has 2 heterocycles. The molecule has 0 aromatic carbocycles. The number of hydrogen-bond donors (Lipinski definition) is 2. The molecule has 2 aliphatic heterocycles. The molecule has 2 aliphatic rings. The van der Waals surface area contributed by atoms with Crippen molar-refractivity contribution < 1.29 is 4.79 Å². The van der Waals surface area contributed by atoms with Gasteiger partial charge in [-0.25, -0.2) is 0 Å². The second-order valence-electron chi connectivity index (χ2n) is 4.52. The Kier molecular flexibility index (Phi) is 3.59. The predicted molar refractivity (Wildman–Crippen MR) is 59.7 cm³/mol. The van der Waals surface area contributed by atoms with E-state index in [0.29, 0.717) is 12.5 Å². The smallest absolute Gasteiger partial charge is 0.221 e. The van der Waals surface area contributed by atoms with Gasteiger partial charge in [0.25, 0.3) is 0 Å². The van der Waals surface area contributed by atoms with Crippen LogP contribution >= 0.6 is 0 Å². The van der Waals surface area contributed by atoms with E-state index in [1.807, 2.05) is 0 Å². The Morgan fingerprint density at radius 3 is 3.07 bits per heavy atom. The Morgan fingerprint density at radius 2 is 2.27 bits per heavy atom. The van der Waals surface area contributed by atoms with E-state index in [-0.39, 0.29) is 5.91 Å². The van der Waals surface area contributed by atoms with Crippen LogP contribution < -0.4 is 10.6 Å². The first-order valence-electron chi connectivity index (χ1n) is 5.99. The number of nitrogens with zero attached hydrogens (tertiary/aromatic N) is 1. The van der Waals surface area contributed by atoms with E-state index >= 15 is 0 Å². The van der Waals surface area contributed by atoms with E-state index in [2.05, 4.69) is 15.5 Å². The van der Waals surface area contributed by atoms with E-state index in [1.54, 1.807) is 7.05 Å². The average Bonchev–Trinajstić information content (AvgIpc) is 2.81. The van der Waals surface area contributed by atoms with Crippen LogP contribution in [0.2, 0.25) is 0 Å². The van der Waals surface area contributed by atoms with Crippen molar-refractivity contribution >= 4 is 5.91 Å². The number of carbonyl (C=O) groups excluding carboxylic acids is 1. The van der Waals surface area contributed by atoms with Gasteiger partial charge in [-0.2, -0.15) is 0 Å². The summed E-state index contributed by atoms with van der Waals surface area (Å²) in [6, 6.07) is 1.37. The second kappa shape index (κ2) is 4.94. The van der Waals surface area contributed by atoms with Crippen LogP contribution in [0.4, 0.5) is 0 Å². The molecule has 2 unspecified atom stereocenters. The van der Waals surface area contributed by atoms with E-state index in [0.717, 1.165) is 12.6 Å². The summed E-state index contributed by atoms with van der Waals surface area (Å²) in [7, 11) is 1.69. The van der Waals surface area contributed by atoms with Gasteiger partial charge in [0.2, 0.25) is 5.91 Å². The fourth-order valence-electron chi connectivity index (χ4n) is 2.82. The van der Waals surface area contributed by atoms with Gasteiger partial charge in [-0.1, -0.05) is 0 Å². The topological polar surface area (TPSA) is 44.4 Å². The van der Waals surface area contributed by atoms with Crippen molar-refractivity contribution in [2.45, 2.75) is 37.8 Å². The first-order valence-corrected chi connectivity index (χ1v) is 5.99. The van der Waals surface area contributed by atoms with Gasteiger partial charge in [0.15, 0.2) is 0 Å². The van der Waals surface area contributed by atoms with Gasteiger partial charge >= 0.3 is 0 Å². The molecule has 0 aromatic rings. The zero-order valence-electron chi connectivity index (χ0n) is 9.46. The standard InChI is InChI=1S/C11H21N3O/c1-12-11(15)4-6-13-9-5-8-14-7-2-3-10(9)14/h9-10,13H,2-8H2,1H3,(H,12,15). The quantitative estimate of drug-likeness (QED) is 0.685. The maximum absolute atomic E-state index is 11.1. The predicted octanol–water partition coefficient (Wildman–Crippen LogP) is -0.0512. The molecular formula is C11H21N3O. The van der Waals surface area contributed by atoms with Gasteiger partial charge in [0, 0.05) is 38.6 Å². The minimum atomic E-state index is 0.128. The Labute approximate surface area is 91.4 Å². The molecule has 0 bridgehead atoms. The normalized spacial score (nSPS) is 30.5. The summed E-state index contributed by atoms with van der Waals surface area (Å²) < 4.78 is 0. The zero-order valence-corrected chi connectivity index (χ0v) is 9.46. The van der Waals surface area contributed by atoms with Crippen LogP contribution in [0, 0.1) is 0 Å². The summed E-state index contributed by atoms with van der Waals surface area (Å²) in [4.78, 5) is 13.6. The monoisotopic (exact) mass is 211 g/mol. The van der Waals surface area contributed by atoms with Crippen molar-refractivity contribution in [1.82, 2.24) is 15.5 Å². The molecule has 2 saturated heterocycles. The van der Waals surface area contributed by atoms with Crippen molar-refractivity contribution in [2.75, 3.05) is 26.7 Å². The van der Waals surface area contributed by atoms with E-state index in [1.165, 1.54) is 32.4 Å². The van der Waals surface area contributed by atoms with E-state index in [9.17, 15) is 4.79 Å². The Morgan fingerprint density at radius 1 is 1.40 bits per heavy atom. The highest BCUT2D eigenvalue weighted by Gasteiger charge is 2.36. The largest absolute Gasteiger partial charge is 0.359 e. The molecule has 0 radical (unpaired) electrons. The van der Waals surface area contributed by atoms with Crippen molar-refractivity contribution in [3.8, 4) is 0 Å². The number of hydrogen-bond acceptors (Lipinski definition) is 3. The maximum Gasteiger partial charge on any atom is 0.221 e. The summed E-state index contributed by atoms with van der Waals surface area (Å²) >= 11 is 0. The maximum atomic E-state index is 11.1. The van der Waals surface area contributed by atoms with Crippen molar-refractivity contribution in [3.05, 3.63) is 0 Å². The summed E-state index contributed by atoms with van der Waals surface area (Å²) in [6.45, 7) is 3.33. The summed E-state index contributed by atoms with van der Waals surface area (Å²) in [6.07, 6.45) is 4.52. The molecule has 4 nitrogen and oxygen atoms in total. The first kappa shape index (κ1) is 10.9. The first-order chi connectivity index (χ1) is 7.31. The zero-order chi connectivity index (χ0) is 10.7. The molecule has 2 rings (SSSR count). The van der Waals surface area contributed by atoms with Crippen molar-refractivity contribution in [3.63, 3.8) is 0 Å². The second-order valence-corrected chi connectivity index (χ2v) is 4.52. The molecule has 0 saturated carbocycles. The number of fused-ring (bicyclic) bond motifs is 1. The lowest BCUT2D eigenvalue weighted by molar-refractivity contribution is -0.120. The third-order valence-corrected chi connectivity index (χ3v) is 3.64. The summed E-state index contributed by atoms with van der Waals surface area (Å²) in [5.41, 5.74) is 0. The molecule has 86 valence electrons. The van der Waals surface area contributed by atoms with E-state index < -0.39 is 0 Å². The lowest BCUT2D eigenvalue weighted by Crippen LogP contribution is -2.40. The highest BCUT2D eigenvalue weighted by Crippen LogP contribution is 2.27. The molecule has 0 spiro atoms. The SMILES string of the molecule is CNC(=O)CCNC1CCN2CCCC12. The Balaban J connectivity index is 1.69. The van der Waals surface area contributed by atoms with E-state index in [4.69, 9.17) is 0 Å². The Hall–Kier alpha value is -0.610. The molecule has 2 atom stereocenters. The van der Waals surface area contributed by atoms with Crippen molar-refractivity contribution in [1.29, 1.82) is 0 Å². The molecular weight excluding hydrogens is 190 g/mol. The van der Waals surface area contributed by atoms with Gasteiger partial charge in [-0.3, -0.25) is 9.69 Å². The van der Waals surface area contributed by atoms with Crippen LogP contribution in [-0.2, 0) is 4.79 Å². The minimum Gasteiger partial charge on any atom is -0.359 e. The molecule has 15 heavy (non-hydrogen) atoms. The summed E-state index contributed by atoms with van der Waals surface area (Å²) in [5.74, 6) is 0.128. The van der Waals surface area contributed by atoms with Gasteiger partial charge in [0.05, 0.1) is 0 Å². The van der Waals surface area contributed by atoms with Gasteiger partial charge in [-0.15, -0.1) is 0 Å². The number of rotatable bonds is 4. The lowest BCUT2D eigenvalue weighted by Gasteiger charge is -2.21. The van der Waals surface area contributed by atoms with Crippen LogP contribution in [0.15, 0.2) is 0 Å². The number of nitrogens with one attached hydrogen (secondary N) is 2. The number of amides is 1. The fraction of sp³-hybridized carbons (Fsp3) is 0.909. The fourth-order valence-corrected chi connectivity index (χ4v) is 2.82. The highest BCUT2D eigenvalue weighted by atomic mass is 16.1. The molecule has 2 N–H and O–H groups in total. The van der Waals surface area contributed by atoms with Crippen molar-refractivity contribution in [2.24, 2.45) is 0 Å². The molecule has 0 aromatic heterocycles. The molecule has 1 amide bonds. The Bertz CT molecular complexity index is 232. The van der Waals surface area contributed by atoms with Gasteiger partial charge in [0.1, 0.15) is 0 Å². The summed E-state index contributed by atoms with van der Waals surface area (Å²) in [5, 5.41) is 6.16. The molecule has 4 heteroatoms. The van der Waals surface area contributed by atoms with Gasteiger partial charge in [-0.05, 0) is 25.8 Å². The average molecular weight is 211 g/mol. The minimum absolute atomic E-state index is 0.128. The van der Waals surface area contributed by atoms with Gasteiger partial charge < -0.3 is 10.6 Å². The highest BCUT2D eigenvalue weighted by molar-refractivity contribution is 5.75. The lowest BCUT2D eigenvalue weighted by atomic mass is 10.1.